The predicted octanol–water partition coefficient (Wildman–Crippen LogP) is 3.16. The lowest BCUT2D eigenvalue weighted by Crippen LogP contribution is -2.19. The Morgan fingerprint density at radius 3 is 2.56 bits per heavy atom. The molecule has 18 heavy (non-hydrogen) atoms. The van der Waals surface area contributed by atoms with Crippen LogP contribution in [0.4, 0.5) is 0 Å². The molecule has 1 aromatic carbocycles. The van der Waals surface area contributed by atoms with Crippen molar-refractivity contribution in [2.45, 2.75) is 38.8 Å². The summed E-state index contributed by atoms with van der Waals surface area (Å²) in [6.45, 7) is 4.81. The molecule has 0 aliphatic carbocycles. The summed E-state index contributed by atoms with van der Waals surface area (Å²) in [4.78, 5) is 0. The van der Waals surface area contributed by atoms with Crippen LogP contribution in [0.15, 0.2) is 24.3 Å². The van der Waals surface area contributed by atoms with Gasteiger partial charge in [-0.05, 0) is 39.8 Å². The fourth-order valence-corrected chi connectivity index (χ4v) is 2.03. The van der Waals surface area contributed by atoms with E-state index in [1.807, 2.05) is 26.1 Å². The second kappa shape index (κ2) is 8.11. The van der Waals surface area contributed by atoms with Crippen LogP contribution in [-0.2, 0) is 4.74 Å². The molecule has 0 aliphatic rings. The smallest absolute Gasteiger partial charge is 0.124 e. The van der Waals surface area contributed by atoms with Crippen molar-refractivity contribution < 1.29 is 9.47 Å². The molecule has 1 aromatic rings. The summed E-state index contributed by atoms with van der Waals surface area (Å²) in [7, 11) is 3.75. The molecule has 0 amide bonds. The molecule has 0 fully saturated rings. The highest BCUT2D eigenvalue weighted by atomic mass is 16.5. The van der Waals surface area contributed by atoms with Gasteiger partial charge in [0.05, 0.1) is 12.7 Å². The van der Waals surface area contributed by atoms with E-state index >= 15 is 0 Å². The van der Waals surface area contributed by atoms with Crippen molar-refractivity contribution in [1.82, 2.24) is 5.32 Å². The average Bonchev–Trinajstić information content (AvgIpc) is 2.41. The van der Waals surface area contributed by atoms with Crippen molar-refractivity contribution in [3.05, 3.63) is 29.8 Å². The van der Waals surface area contributed by atoms with E-state index in [1.54, 1.807) is 7.11 Å². The maximum atomic E-state index is 5.68. The molecule has 0 bridgehead atoms. The van der Waals surface area contributed by atoms with Crippen LogP contribution in [-0.4, -0.2) is 26.9 Å². The van der Waals surface area contributed by atoms with E-state index in [0.29, 0.717) is 18.8 Å². The molecule has 3 heteroatoms. The maximum absolute atomic E-state index is 5.68. The molecule has 0 spiro atoms. The highest BCUT2D eigenvalue weighted by molar-refractivity contribution is 5.35. The molecule has 1 N–H and O–H groups in total. The number of nitrogens with one attached hydrogen (secondary N) is 1. The third-order valence-electron chi connectivity index (χ3n) is 3.21. The van der Waals surface area contributed by atoms with Gasteiger partial charge in [0, 0.05) is 18.7 Å². The van der Waals surface area contributed by atoms with Gasteiger partial charge >= 0.3 is 0 Å². The number of methoxy groups -OCH3 is 1. The van der Waals surface area contributed by atoms with Crippen molar-refractivity contribution in [2.24, 2.45) is 0 Å². The van der Waals surface area contributed by atoms with Gasteiger partial charge in [0.2, 0.25) is 0 Å². The lowest BCUT2D eigenvalue weighted by Gasteiger charge is -2.21. The van der Waals surface area contributed by atoms with E-state index in [4.69, 9.17) is 9.47 Å². The minimum atomic E-state index is 0.292. The molecule has 2 atom stereocenters. The highest BCUT2D eigenvalue weighted by Gasteiger charge is 2.15. The molecule has 0 saturated carbocycles. The van der Waals surface area contributed by atoms with Crippen molar-refractivity contribution in [2.75, 3.05) is 20.8 Å². The van der Waals surface area contributed by atoms with E-state index in [9.17, 15) is 0 Å². The Balaban J connectivity index is 2.74. The molecule has 1 rings (SSSR count). The monoisotopic (exact) mass is 251 g/mol. The number of hydrogen-bond acceptors (Lipinski definition) is 3. The minimum Gasteiger partial charge on any atom is -0.494 e. The standard InChI is InChI=1S/C15H25NO2/c1-5-18-15-9-7-6-8-13(15)14(16-3)11-10-12(2)17-4/h6-9,12,14,16H,5,10-11H2,1-4H3. The molecule has 0 aliphatic heterocycles. The summed E-state index contributed by atoms with van der Waals surface area (Å²) in [5.74, 6) is 0.976. The Hall–Kier alpha value is -1.06. The van der Waals surface area contributed by atoms with Gasteiger partial charge < -0.3 is 14.8 Å². The molecular weight excluding hydrogens is 226 g/mol. The molecule has 0 aromatic heterocycles. The quantitative estimate of drug-likeness (QED) is 0.770. The molecule has 0 radical (unpaired) electrons. The van der Waals surface area contributed by atoms with Gasteiger partial charge in [0.15, 0.2) is 0 Å². The Labute approximate surface area is 110 Å². The molecule has 0 heterocycles. The third-order valence-corrected chi connectivity index (χ3v) is 3.21. The first-order valence-electron chi connectivity index (χ1n) is 6.64. The van der Waals surface area contributed by atoms with Gasteiger partial charge in [0.25, 0.3) is 0 Å². The van der Waals surface area contributed by atoms with Crippen LogP contribution in [0.5, 0.6) is 5.75 Å². The third kappa shape index (κ3) is 4.31. The van der Waals surface area contributed by atoms with Crippen LogP contribution in [0.3, 0.4) is 0 Å². The zero-order valence-electron chi connectivity index (χ0n) is 11.9. The number of para-hydroxylation sites is 1. The van der Waals surface area contributed by atoms with Gasteiger partial charge in [-0.15, -0.1) is 0 Å². The van der Waals surface area contributed by atoms with Crippen LogP contribution in [0.2, 0.25) is 0 Å². The number of ether oxygens (including phenoxy) is 2. The fraction of sp³-hybridized carbons (Fsp3) is 0.600. The Morgan fingerprint density at radius 1 is 1.22 bits per heavy atom. The largest absolute Gasteiger partial charge is 0.494 e. The van der Waals surface area contributed by atoms with Crippen LogP contribution in [0, 0.1) is 0 Å². The SMILES string of the molecule is CCOc1ccccc1C(CCC(C)OC)NC. The molecular formula is C15H25NO2. The summed E-state index contributed by atoms with van der Waals surface area (Å²) in [5.41, 5.74) is 1.23. The molecule has 2 unspecified atom stereocenters. The predicted molar refractivity (Wildman–Crippen MR) is 75.1 cm³/mol. The van der Waals surface area contributed by atoms with Gasteiger partial charge in [-0.25, -0.2) is 0 Å². The van der Waals surface area contributed by atoms with Gasteiger partial charge in [-0.3, -0.25) is 0 Å². The zero-order valence-corrected chi connectivity index (χ0v) is 11.9. The number of rotatable bonds is 8. The average molecular weight is 251 g/mol. The van der Waals surface area contributed by atoms with Gasteiger partial charge in [-0.1, -0.05) is 18.2 Å². The first kappa shape index (κ1) is 15.0. The molecule has 102 valence electrons. The first-order valence-corrected chi connectivity index (χ1v) is 6.64. The van der Waals surface area contributed by atoms with E-state index in [1.165, 1.54) is 5.56 Å². The fourth-order valence-electron chi connectivity index (χ4n) is 2.03. The van der Waals surface area contributed by atoms with Crippen LogP contribution < -0.4 is 10.1 Å². The van der Waals surface area contributed by atoms with E-state index < -0.39 is 0 Å². The van der Waals surface area contributed by atoms with Crippen molar-refractivity contribution >= 4 is 0 Å². The summed E-state index contributed by atoms with van der Waals surface area (Å²) in [6, 6.07) is 8.54. The Bertz CT molecular complexity index is 341. The topological polar surface area (TPSA) is 30.5 Å². The second-order valence-electron chi connectivity index (χ2n) is 4.44. The Morgan fingerprint density at radius 2 is 1.94 bits per heavy atom. The van der Waals surface area contributed by atoms with E-state index in [0.717, 1.165) is 18.6 Å². The lowest BCUT2D eigenvalue weighted by atomic mass is 9.99. The zero-order chi connectivity index (χ0) is 13.4. The molecule has 0 saturated heterocycles. The Kier molecular flexibility index (Phi) is 6.76. The minimum absolute atomic E-state index is 0.292. The molecule has 3 nitrogen and oxygen atoms in total. The van der Waals surface area contributed by atoms with Crippen LogP contribution in [0.1, 0.15) is 38.3 Å². The van der Waals surface area contributed by atoms with Crippen LogP contribution >= 0.6 is 0 Å². The first-order chi connectivity index (χ1) is 8.72. The second-order valence-corrected chi connectivity index (χ2v) is 4.44. The van der Waals surface area contributed by atoms with Crippen molar-refractivity contribution in [3.8, 4) is 5.75 Å². The van der Waals surface area contributed by atoms with E-state index in [2.05, 4.69) is 24.4 Å². The summed E-state index contributed by atoms with van der Waals surface area (Å²) < 4.78 is 11.0. The number of benzene rings is 1. The highest BCUT2D eigenvalue weighted by Crippen LogP contribution is 2.28. The van der Waals surface area contributed by atoms with Gasteiger partial charge in [0.1, 0.15) is 5.75 Å². The lowest BCUT2D eigenvalue weighted by molar-refractivity contribution is 0.106. The normalized spacial score (nSPS) is 14.2. The van der Waals surface area contributed by atoms with Crippen molar-refractivity contribution in [1.29, 1.82) is 0 Å². The van der Waals surface area contributed by atoms with E-state index in [-0.39, 0.29) is 0 Å². The maximum Gasteiger partial charge on any atom is 0.124 e. The number of hydrogen-bond donors (Lipinski definition) is 1. The van der Waals surface area contributed by atoms with Crippen LogP contribution in [0.25, 0.3) is 0 Å². The summed E-state index contributed by atoms with van der Waals surface area (Å²) in [5, 5.41) is 3.36. The summed E-state index contributed by atoms with van der Waals surface area (Å²) in [6.07, 6.45) is 2.36. The summed E-state index contributed by atoms with van der Waals surface area (Å²) >= 11 is 0. The van der Waals surface area contributed by atoms with Crippen molar-refractivity contribution in [3.63, 3.8) is 0 Å². The van der Waals surface area contributed by atoms with Gasteiger partial charge in [-0.2, -0.15) is 0 Å².